The number of hydrogen-bond donors (Lipinski definition) is 4. The molecule has 2 aromatic rings. The van der Waals surface area contributed by atoms with E-state index in [1.54, 1.807) is 6.07 Å². The number of rotatable bonds is 6. The number of nitrogens with zero attached hydrogens (tertiary/aromatic N) is 3. The van der Waals surface area contributed by atoms with Crippen LogP contribution in [0.15, 0.2) is 21.9 Å². The molecule has 11 nitrogen and oxygen atoms in total. The van der Waals surface area contributed by atoms with Crippen LogP contribution in [-0.2, 0) is 19.9 Å². The van der Waals surface area contributed by atoms with Crippen molar-refractivity contribution in [1.29, 1.82) is 0 Å². The minimum absolute atomic E-state index is 0.00186. The number of aromatic nitrogens is 4. The van der Waals surface area contributed by atoms with Crippen LogP contribution in [0.3, 0.4) is 0 Å². The number of nitrogens with one attached hydrogen (secondary N) is 2. The Kier molecular flexibility index (Phi) is 5.66. The van der Waals surface area contributed by atoms with E-state index in [0.717, 1.165) is 25.7 Å². The molecule has 2 heterocycles. The molecule has 0 atom stereocenters. The zero-order valence-corrected chi connectivity index (χ0v) is 17.9. The third-order valence-corrected chi connectivity index (χ3v) is 8.93. The fourth-order valence-electron chi connectivity index (χ4n) is 4.25. The highest BCUT2D eigenvalue weighted by molar-refractivity contribution is 7.93. The lowest BCUT2D eigenvalue weighted by molar-refractivity contribution is 0.378. The van der Waals surface area contributed by atoms with Crippen LogP contribution in [-0.4, -0.2) is 62.3 Å². The molecule has 2 aliphatic rings. The number of sulfonamides is 1. The molecule has 4 rings (SSSR count). The summed E-state index contributed by atoms with van der Waals surface area (Å²) in [5, 5.41) is 22.1. The average molecular weight is 456 g/mol. The van der Waals surface area contributed by atoms with Gasteiger partial charge < -0.3 is 11.1 Å². The van der Waals surface area contributed by atoms with E-state index >= 15 is 0 Å². The first-order chi connectivity index (χ1) is 14.2. The van der Waals surface area contributed by atoms with E-state index < -0.39 is 24.8 Å². The molecule has 0 radical (unpaired) electrons. The Balaban J connectivity index is 1.92. The Morgan fingerprint density at radius 1 is 1.07 bits per heavy atom. The Morgan fingerprint density at radius 2 is 1.77 bits per heavy atom. The van der Waals surface area contributed by atoms with Gasteiger partial charge >= 0.3 is 0 Å². The standard InChI is InChI=1S/C17H25N7O4S2/c18-12-3-1-11(2-4-12)13-5-6-14(29(25,26)9-10-7-20-8-10)16(30(19,27)28)15(13)17-21-23-24-22-17/h5-6,10-12,20H,1-4,7-9,18H2,(H2,19,27,28)(H,21,22,23,24)/t11-,12+. The van der Waals surface area contributed by atoms with Crippen LogP contribution in [0.2, 0.25) is 0 Å². The van der Waals surface area contributed by atoms with Gasteiger partial charge in [-0.3, -0.25) is 0 Å². The number of aromatic amines is 1. The van der Waals surface area contributed by atoms with Gasteiger partial charge in [-0.2, -0.15) is 0 Å². The summed E-state index contributed by atoms with van der Waals surface area (Å²) in [6.45, 7) is 1.15. The van der Waals surface area contributed by atoms with Crippen LogP contribution in [0.1, 0.15) is 37.2 Å². The van der Waals surface area contributed by atoms with Crippen LogP contribution in [0, 0.1) is 5.92 Å². The van der Waals surface area contributed by atoms with Crippen molar-refractivity contribution in [3.05, 3.63) is 17.7 Å². The van der Waals surface area contributed by atoms with Crippen molar-refractivity contribution in [2.75, 3.05) is 18.8 Å². The number of primary sulfonamides is 1. The van der Waals surface area contributed by atoms with Crippen molar-refractivity contribution in [2.45, 2.75) is 47.4 Å². The van der Waals surface area contributed by atoms with Gasteiger partial charge in [0, 0.05) is 24.7 Å². The van der Waals surface area contributed by atoms with Crippen LogP contribution in [0.4, 0.5) is 0 Å². The molecular formula is C17H25N7O4S2. The van der Waals surface area contributed by atoms with E-state index in [9.17, 15) is 16.8 Å². The minimum Gasteiger partial charge on any atom is -0.328 e. The summed E-state index contributed by atoms with van der Waals surface area (Å²) < 4.78 is 51.6. The van der Waals surface area contributed by atoms with Crippen LogP contribution in [0.25, 0.3) is 11.4 Å². The molecule has 1 saturated carbocycles. The second-order valence-electron chi connectivity index (χ2n) is 8.07. The van der Waals surface area contributed by atoms with Crippen molar-refractivity contribution in [3.8, 4) is 11.4 Å². The monoisotopic (exact) mass is 455 g/mol. The Bertz CT molecular complexity index is 1120. The summed E-state index contributed by atoms with van der Waals surface area (Å²) >= 11 is 0. The first kappa shape index (κ1) is 21.3. The van der Waals surface area contributed by atoms with Gasteiger partial charge in [-0.25, -0.2) is 27.1 Å². The van der Waals surface area contributed by atoms with E-state index in [0.29, 0.717) is 18.7 Å². The maximum atomic E-state index is 13.1. The van der Waals surface area contributed by atoms with Crippen molar-refractivity contribution in [2.24, 2.45) is 16.8 Å². The Labute approximate surface area is 175 Å². The van der Waals surface area contributed by atoms with Crippen LogP contribution < -0.4 is 16.2 Å². The van der Waals surface area contributed by atoms with Gasteiger partial charge in [0.25, 0.3) is 0 Å². The molecule has 164 valence electrons. The lowest BCUT2D eigenvalue weighted by atomic mass is 9.80. The largest absolute Gasteiger partial charge is 0.328 e. The lowest BCUT2D eigenvalue weighted by Gasteiger charge is -2.29. The zero-order chi connectivity index (χ0) is 21.5. The predicted molar refractivity (Wildman–Crippen MR) is 109 cm³/mol. The topological polar surface area (TPSA) is 187 Å². The fourth-order valence-corrected chi connectivity index (χ4v) is 7.52. The van der Waals surface area contributed by atoms with Gasteiger partial charge in [-0.15, -0.1) is 5.10 Å². The zero-order valence-electron chi connectivity index (χ0n) is 16.3. The summed E-state index contributed by atoms with van der Waals surface area (Å²) in [6.07, 6.45) is 3.08. The molecule has 1 aromatic heterocycles. The minimum atomic E-state index is -4.40. The first-order valence-corrected chi connectivity index (χ1v) is 13.0. The van der Waals surface area contributed by atoms with E-state index in [-0.39, 0.29) is 39.9 Å². The SMILES string of the molecule is NS(=O)(=O)c1c(S(=O)(=O)CC2CNC2)ccc([C@H]2CC[C@@H](N)CC2)c1-c1nnn[nH]1. The van der Waals surface area contributed by atoms with Gasteiger partial charge in [0.05, 0.1) is 10.6 Å². The van der Waals surface area contributed by atoms with Crippen LogP contribution in [0.5, 0.6) is 0 Å². The van der Waals surface area contributed by atoms with Gasteiger partial charge in [0.15, 0.2) is 15.7 Å². The normalized spacial score (nSPS) is 23.3. The number of tetrazole rings is 1. The van der Waals surface area contributed by atoms with Crippen molar-refractivity contribution < 1.29 is 16.8 Å². The summed E-state index contributed by atoms with van der Waals surface area (Å²) in [6, 6.07) is 3.13. The third kappa shape index (κ3) is 4.12. The van der Waals surface area contributed by atoms with Gasteiger partial charge in [0.1, 0.15) is 4.90 Å². The lowest BCUT2D eigenvalue weighted by Crippen LogP contribution is -2.45. The molecule has 6 N–H and O–H groups in total. The molecule has 0 amide bonds. The fraction of sp³-hybridized carbons (Fsp3) is 0.588. The molecular weight excluding hydrogens is 430 g/mol. The highest BCUT2D eigenvalue weighted by Crippen LogP contribution is 2.42. The number of benzene rings is 1. The highest BCUT2D eigenvalue weighted by atomic mass is 32.2. The molecule has 30 heavy (non-hydrogen) atoms. The molecule has 1 aliphatic carbocycles. The van der Waals surface area contributed by atoms with Gasteiger partial charge in [0.2, 0.25) is 10.0 Å². The molecule has 0 spiro atoms. The number of nitrogens with two attached hydrogens (primary N) is 2. The van der Waals surface area contributed by atoms with E-state index in [4.69, 9.17) is 10.9 Å². The molecule has 2 fully saturated rings. The summed E-state index contributed by atoms with van der Waals surface area (Å²) in [7, 11) is -8.31. The molecule has 1 aromatic carbocycles. The molecule has 0 bridgehead atoms. The summed E-state index contributed by atoms with van der Waals surface area (Å²) in [4.78, 5) is -0.750. The molecule has 1 aliphatic heterocycles. The van der Waals surface area contributed by atoms with E-state index in [1.165, 1.54) is 6.07 Å². The number of hydrogen-bond acceptors (Lipinski definition) is 9. The third-order valence-electron chi connectivity index (χ3n) is 5.89. The predicted octanol–water partition coefficient (Wildman–Crippen LogP) is -0.508. The quantitative estimate of drug-likeness (QED) is 0.445. The Hall–Kier alpha value is -1.93. The second kappa shape index (κ2) is 7.96. The summed E-state index contributed by atoms with van der Waals surface area (Å²) in [5.74, 6) is -0.156. The molecule has 0 unspecified atom stereocenters. The second-order valence-corrected chi connectivity index (χ2v) is 11.6. The van der Waals surface area contributed by atoms with Crippen molar-refractivity contribution in [3.63, 3.8) is 0 Å². The smallest absolute Gasteiger partial charge is 0.240 e. The maximum Gasteiger partial charge on any atom is 0.240 e. The van der Waals surface area contributed by atoms with E-state index in [1.807, 2.05) is 0 Å². The van der Waals surface area contributed by atoms with Gasteiger partial charge in [-0.1, -0.05) is 6.07 Å². The Morgan fingerprint density at radius 3 is 2.30 bits per heavy atom. The van der Waals surface area contributed by atoms with Crippen LogP contribution >= 0.6 is 0 Å². The summed E-state index contributed by atoms with van der Waals surface area (Å²) in [5.41, 5.74) is 6.81. The number of H-pyrrole nitrogens is 1. The van der Waals surface area contributed by atoms with Gasteiger partial charge in [-0.05, 0) is 59.6 Å². The maximum absolute atomic E-state index is 13.1. The van der Waals surface area contributed by atoms with Crippen molar-refractivity contribution >= 4 is 19.9 Å². The first-order valence-electron chi connectivity index (χ1n) is 9.79. The highest BCUT2D eigenvalue weighted by Gasteiger charge is 2.35. The number of sulfone groups is 1. The molecule has 13 heteroatoms. The van der Waals surface area contributed by atoms with Crippen molar-refractivity contribution in [1.82, 2.24) is 25.9 Å². The molecule has 1 saturated heterocycles. The van der Waals surface area contributed by atoms with E-state index in [2.05, 4.69) is 25.9 Å². The average Bonchev–Trinajstić information content (AvgIpc) is 3.18.